The molecular formula is C16H22N4O2S. The van der Waals surface area contributed by atoms with Gasteiger partial charge in [-0.3, -0.25) is 4.90 Å². The fourth-order valence-corrected chi connectivity index (χ4v) is 3.31. The van der Waals surface area contributed by atoms with Crippen LogP contribution in [0.5, 0.6) is 5.75 Å². The van der Waals surface area contributed by atoms with E-state index in [1.807, 2.05) is 19.1 Å². The van der Waals surface area contributed by atoms with Crippen LogP contribution in [0, 0.1) is 6.92 Å². The zero-order chi connectivity index (χ0) is 16.1. The van der Waals surface area contributed by atoms with Crippen molar-refractivity contribution in [1.29, 1.82) is 0 Å². The van der Waals surface area contributed by atoms with E-state index < -0.39 is 0 Å². The Morgan fingerprint density at radius 3 is 2.65 bits per heavy atom. The van der Waals surface area contributed by atoms with Crippen molar-refractivity contribution in [2.24, 2.45) is 0 Å². The number of anilines is 1. The number of aromatic nitrogens is 2. The highest BCUT2D eigenvalue weighted by Gasteiger charge is 2.23. The number of benzene rings is 1. The van der Waals surface area contributed by atoms with E-state index in [-0.39, 0.29) is 6.04 Å². The lowest BCUT2D eigenvalue weighted by Gasteiger charge is -2.34. The monoisotopic (exact) mass is 334 g/mol. The van der Waals surface area contributed by atoms with E-state index in [0.717, 1.165) is 49.6 Å². The number of nitrogens with zero attached hydrogens (tertiary/aromatic N) is 3. The third kappa shape index (κ3) is 4.19. The Bertz CT molecular complexity index is 611. The summed E-state index contributed by atoms with van der Waals surface area (Å²) in [5.41, 5.74) is 1.27. The van der Waals surface area contributed by atoms with Gasteiger partial charge in [-0.25, -0.2) is 4.98 Å². The molecule has 1 saturated heterocycles. The summed E-state index contributed by atoms with van der Waals surface area (Å²) in [5.74, 6) is 1.69. The predicted octanol–water partition coefficient (Wildman–Crippen LogP) is 2.34. The maximum Gasteiger partial charge on any atom is 0.202 e. The van der Waals surface area contributed by atoms with Crippen molar-refractivity contribution in [3.8, 4) is 5.75 Å². The highest BCUT2D eigenvalue weighted by molar-refractivity contribution is 7.09. The van der Waals surface area contributed by atoms with E-state index in [1.54, 1.807) is 7.11 Å². The quantitative estimate of drug-likeness (QED) is 0.875. The highest BCUT2D eigenvalue weighted by Crippen LogP contribution is 2.25. The normalized spacial score (nSPS) is 17.0. The summed E-state index contributed by atoms with van der Waals surface area (Å²) in [7, 11) is 1.69. The van der Waals surface area contributed by atoms with Crippen LogP contribution < -0.4 is 10.1 Å². The number of hydrogen-bond acceptors (Lipinski definition) is 7. The van der Waals surface area contributed by atoms with Crippen molar-refractivity contribution >= 4 is 16.7 Å². The molecule has 0 aliphatic carbocycles. The van der Waals surface area contributed by atoms with Gasteiger partial charge < -0.3 is 14.8 Å². The van der Waals surface area contributed by atoms with Crippen LogP contribution >= 0.6 is 11.5 Å². The lowest BCUT2D eigenvalue weighted by molar-refractivity contribution is 0.0187. The SMILES string of the molecule is COc1ccc(C(CNc2nc(C)ns2)N2CCOCC2)cc1. The van der Waals surface area contributed by atoms with Crippen LogP contribution in [0.3, 0.4) is 0 Å². The van der Waals surface area contributed by atoms with Crippen LogP contribution in [0.15, 0.2) is 24.3 Å². The molecule has 0 spiro atoms. The van der Waals surface area contributed by atoms with Crippen LogP contribution in [-0.4, -0.2) is 54.2 Å². The minimum Gasteiger partial charge on any atom is -0.497 e. The first-order chi connectivity index (χ1) is 11.3. The minimum absolute atomic E-state index is 0.272. The Morgan fingerprint density at radius 1 is 1.30 bits per heavy atom. The molecule has 2 aromatic rings. The van der Waals surface area contributed by atoms with Crippen molar-refractivity contribution in [3.05, 3.63) is 35.7 Å². The number of nitrogens with one attached hydrogen (secondary N) is 1. The number of aryl methyl sites for hydroxylation is 1. The number of methoxy groups -OCH3 is 1. The average molecular weight is 334 g/mol. The molecule has 1 N–H and O–H groups in total. The van der Waals surface area contributed by atoms with Crippen LogP contribution in [-0.2, 0) is 4.74 Å². The Kier molecular flexibility index (Phi) is 5.43. The first-order valence-corrected chi connectivity index (χ1v) is 8.53. The van der Waals surface area contributed by atoms with Crippen LogP contribution in [0.2, 0.25) is 0 Å². The second-order valence-electron chi connectivity index (χ2n) is 5.46. The molecule has 1 aromatic heterocycles. The Labute approximate surface area is 140 Å². The smallest absolute Gasteiger partial charge is 0.202 e. The molecule has 1 aromatic carbocycles. The summed E-state index contributed by atoms with van der Waals surface area (Å²) in [6.45, 7) is 6.14. The zero-order valence-electron chi connectivity index (χ0n) is 13.5. The molecule has 6 nitrogen and oxygen atoms in total. The van der Waals surface area contributed by atoms with Gasteiger partial charge >= 0.3 is 0 Å². The summed E-state index contributed by atoms with van der Waals surface area (Å²) in [4.78, 5) is 6.83. The van der Waals surface area contributed by atoms with Crippen molar-refractivity contribution in [3.63, 3.8) is 0 Å². The minimum atomic E-state index is 0.272. The largest absolute Gasteiger partial charge is 0.497 e. The molecule has 7 heteroatoms. The maximum atomic E-state index is 5.49. The molecule has 0 amide bonds. The van der Waals surface area contributed by atoms with Gasteiger partial charge in [0.05, 0.1) is 26.4 Å². The molecule has 0 saturated carbocycles. The molecule has 1 aliphatic heterocycles. The molecular weight excluding hydrogens is 312 g/mol. The van der Waals surface area contributed by atoms with Crippen molar-refractivity contribution in [2.45, 2.75) is 13.0 Å². The van der Waals surface area contributed by atoms with Crippen LogP contribution in [0.1, 0.15) is 17.4 Å². The Hall–Kier alpha value is -1.70. The summed E-state index contributed by atoms with van der Waals surface area (Å²) in [5, 5.41) is 4.29. The first-order valence-electron chi connectivity index (χ1n) is 7.76. The Morgan fingerprint density at radius 2 is 2.04 bits per heavy atom. The third-order valence-electron chi connectivity index (χ3n) is 3.96. The van der Waals surface area contributed by atoms with Gasteiger partial charge in [0.2, 0.25) is 5.13 Å². The lowest BCUT2D eigenvalue weighted by atomic mass is 10.0. The fourth-order valence-electron chi connectivity index (χ4n) is 2.73. The fraction of sp³-hybridized carbons (Fsp3) is 0.500. The molecule has 23 heavy (non-hydrogen) atoms. The number of morpholine rings is 1. The molecule has 2 heterocycles. The van der Waals surface area contributed by atoms with E-state index in [0.29, 0.717) is 0 Å². The number of hydrogen-bond donors (Lipinski definition) is 1. The van der Waals surface area contributed by atoms with Gasteiger partial charge in [-0.1, -0.05) is 12.1 Å². The second kappa shape index (κ2) is 7.72. The van der Waals surface area contributed by atoms with Gasteiger partial charge in [-0.2, -0.15) is 4.37 Å². The average Bonchev–Trinajstić information content (AvgIpc) is 3.02. The number of rotatable bonds is 6. The van der Waals surface area contributed by atoms with Gasteiger partial charge in [-0.05, 0) is 24.6 Å². The zero-order valence-corrected chi connectivity index (χ0v) is 14.3. The predicted molar refractivity (Wildman–Crippen MR) is 91.3 cm³/mol. The molecule has 1 atom stereocenters. The van der Waals surface area contributed by atoms with Gasteiger partial charge in [0.15, 0.2) is 0 Å². The topological polar surface area (TPSA) is 59.5 Å². The second-order valence-corrected chi connectivity index (χ2v) is 6.22. The van der Waals surface area contributed by atoms with E-state index in [1.165, 1.54) is 17.1 Å². The number of ether oxygens (including phenoxy) is 2. The van der Waals surface area contributed by atoms with Crippen LogP contribution in [0.4, 0.5) is 5.13 Å². The van der Waals surface area contributed by atoms with Gasteiger partial charge in [0, 0.05) is 31.2 Å². The third-order valence-corrected chi connectivity index (χ3v) is 4.73. The molecule has 3 rings (SSSR count). The molecule has 1 aliphatic rings. The molecule has 1 fully saturated rings. The van der Waals surface area contributed by atoms with Crippen LogP contribution in [0.25, 0.3) is 0 Å². The molecule has 0 radical (unpaired) electrons. The van der Waals surface area contributed by atoms with Gasteiger partial charge in [0.25, 0.3) is 0 Å². The van der Waals surface area contributed by atoms with Gasteiger partial charge in [0.1, 0.15) is 11.6 Å². The highest BCUT2D eigenvalue weighted by atomic mass is 32.1. The van der Waals surface area contributed by atoms with E-state index in [9.17, 15) is 0 Å². The van der Waals surface area contributed by atoms with E-state index in [4.69, 9.17) is 9.47 Å². The van der Waals surface area contributed by atoms with E-state index >= 15 is 0 Å². The standard InChI is InChI=1S/C16H22N4O2S/c1-12-18-16(23-19-12)17-11-15(20-7-9-22-10-8-20)13-3-5-14(21-2)6-4-13/h3-6,15H,7-11H2,1-2H3,(H,17,18,19). The lowest BCUT2D eigenvalue weighted by Crippen LogP contribution is -2.41. The summed E-state index contributed by atoms with van der Waals surface area (Å²) in [6.07, 6.45) is 0. The molecule has 1 unspecified atom stereocenters. The molecule has 124 valence electrons. The van der Waals surface area contributed by atoms with Gasteiger partial charge in [-0.15, -0.1) is 0 Å². The van der Waals surface area contributed by atoms with Crippen molar-refractivity contribution in [1.82, 2.24) is 14.3 Å². The maximum absolute atomic E-state index is 5.49. The van der Waals surface area contributed by atoms with E-state index in [2.05, 4.69) is 31.7 Å². The summed E-state index contributed by atoms with van der Waals surface area (Å²) in [6, 6.07) is 8.56. The summed E-state index contributed by atoms with van der Waals surface area (Å²) < 4.78 is 15.0. The summed E-state index contributed by atoms with van der Waals surface area (Å²) >= 11 is 1.40. The Balaban J connectivity index is 1.74. The van der Waals surface area contributed by atoms with Crippen molar-refractivity contribution in [2.75, 3.05) is 45.3 Å². The van der Waals surface area contributed by atoms with Crippen molar-refractivity contribution < 1.29 is 9.47 Å². The first kappa shape index (κ1) is 16.2. The molecule has 0 bridgehead atoms.